The SMILES string of the molecule is COc1ccc(CCc2cccn2N(C)c2ccncc2)cc1. The van der Waals surface area contributed by atoms with Gasteiger partial charge in [0.15, 0.2) is 0 Å². The van der Waals surface area contributed by atoms with Gasteiger partial charge in [-0.05, 0) is 54.8 Å². The quantitative estimate of drug-likeness (QED) is 0.697. The van der Waals surface area contributed by atoms with Gasteiger partial charge in [0, 0.05) is 31.3 Å². The van der Waals surface area contributed by atoms with Gasteiger partial charge in [-0.1, -0.05) is 12.1 Å². The van der Waals surface area contributed by atoms with Gasteiger partial charge in [0.2, 0.25) is 0 Å². The summed E-state index contributed by atoms with van der Waals surface area (Å²) in [6, 6.07) is 16.5. The predicted molar refractivity (Wildman–Crippen MR) is 92.9 cm³/mol. The molecule has 0 unspecified atom stereocenters. The van der Waals surface area contributed by atoms with E-state index in [9.17, 15) is 0 Å². The van der Waals surface area contributed by atoms with Gasteiger partial charge in [-0.3, -0.25) is 14.7 Å². The van der Waals surface area contributed by atoms with E-state index in [0.29, 0.717) is 0 Å². The maximum Gasteiger partial charge on any atom is 0.118 e. The molecule has 0 saturated heterocycles. The molecule has 2 heterocycles. The van der Waals surface area contributed by atoms with E-state index in [1.54, 1.807) is 7.11 Å². The molecule has 4 nitrogen and oxygen atoms in total. The number of hydrogen-bond donors (Lipinski definition) is 0. The molecule has 0 spiro atoms. The average Bonchev–Trinajstić information content (AvgIpc) is 3.09. The smallest absolute Gasteiger partial charge is 0.118 e. The number of aryl methyl sites for hydroxylation is 2. The summed E-state index contributed by atoms with van der Waals surface area (Å²) in [6.07, 6.45) is 7.69. The monoisotopic (exact) mass is 307 g/mol. The topological polar surface area (TPSA) is 30.3 Å². The second kappa shape index (κ2) is 7.01. The fraction of sp³-hybridized carbons (Fsp3) is 0.211. The first-order valence-electron chi connectivity index (χ1n) is 7.71. The summed E-state index contributed by atoms with van der Waals surface area (Å²) >= 11 is 0. The van der Waals surface area contributed by atoms with Gasteiger partial charge < -0.3 is 4.74 Å². The number of hydrogen-bond acceptors (Lipinski definition) is 3. The lowest BCUT2D eigenvalue weighted by Crippen LogP contribution is -2.25. The average molecular weight is 307 g/mol. The van der Waals surface area contributed by atoms with Crippen molar-refractivity contribution in [2.24, 2.45) is 0 Å². The van der Waals surface area contributed by atoms with E-state index in [4.69, 9.17) is 4.74 Å². The second-order valence-electron chi connectivity index (χ2n) is 5.42. The fourth-order valence-corrected chi connectivity index (χ4v) is 2.65. The van der Waals surface area contributed by atoms with Crippen LogP contribution in [0.3, 0.4) is 0 Å². The van der Waals surface area contributed by atoms with Crippen LogP contribution in [0.1, 0.15) is 11.3 Å². The molecule has 118 valence electrons. The van der Waals surface area contributed by atoms with Crippen LogP contribution in [0, 0.1) is 0 Å². The Morgan fingerprint density at radius 1 is 1.00 bits per heavy atom. The van der Waals surface area contributed by atoms with E-state index < -0.39 is 0 Å². The minimum atomic E-state index is 0.898. The Hall–Kier alpha value is -2.75. The molecule has 1 aromatic carbocycles. The van der Waals surface area contributed by atoms with Gasteiger partial charge in [0.25, 0.3) is 0 Å². The van der Waals surface area contributed by atoms with Crippen LogP contribution in [0.5, 0.6) is 5.75 Å². The van der Waals surface area contributed by atoms with Gasteiger partial charge >= 0.3 is 0 Å². The zero-order valence-electron chi connectivity index (χ0n) is 13.5. The summed E-state index contributed by atoms with van der Waals surface area (Å²) in [5, 5.41) is 2.13. The highest BCUT2D eigenvalue weighted by Crippen LogP contribution is 2.17. The number of anilines is 1. The van der Waals surface area contributed by atoms with Crippen LogP contribution in [-0.2, 0) is 12.8 Å². The molecule has 4 heteroatoms. The molecule has 0 amide bonds. The Kier molecular flexibility index (Phi) is 4.62. The second-order valence-corrected chi connectivity index (χ2v) is 5.42. The van der Waals surface area contributed by atoms with Gasteiger partial charge in [-0.2, -0.15) is 0 Å². The third-order valence-corrected chi connectivity index (χ3v) is 4.00. The first-order chi connectivity index (χ1) is 11.3. The van der Waals surface area contributed by atoms with Crippen molar-refractivity contribution in [2.45, 2.75) is 12.8 Å². The Labute approximate surface area is 136 Å². The van der Waals surface area contributed by atoms with Gasteiger partial charge in [-0.15, -0.1) is 0 Å². The number of methoxy groups -OCH3 is 1. The Morgan fingerprint density at radius 2 is 1.74 bits per heavy atom. The van der Waals surface area contributed by atoms with Gasteiger partial charge in [0.1, 0.15) is 5.75 Å². The molecule has 0 atom stereocenters. The Balaban J connectivity index is 1.71. The van der Waals surface area contributed by atoms with Crippen LogP contribution in [0.4, 0.5) is 5.69 Å². The molecular formula is C19H21N3O. The molecule has 0 radical (unpaired) electrons. The van der Waals surface area contributed by atoms with Gasteiger partial charge in [0.05, 0.1) is 12.8 Å². The highest BCUT2D eigenvalue weighted by Gasteiger charge is 2.07. The number of rotatable bonds is 6. The van der Waals surface area contributed by atoms with Crippen molar-refractivity contribution in [3.8, 4) is 5.75 Å². The maximum absolute atomic E-state index is 5.20. The van der Waals surface area contributed by atoms with Crippen molar-refractivity contribution in [3.63, 3.8) is 0 Å². The van der Waals surface area contributed by atoms with Crippen molar-refractivity contribution in [3.05, 3.63) is 78.4 Å². The predicted octanol–water partition coefficient (Wildman–Crippen LogP) is 3.58. The first-order valence-corrected chi connectivity index (χ1v) is 7.71. The molecule has 0 fully saturated rings. The molecule has 0 bridgehead atoms. The summed E-state index contributed by atoms with van der Waals surface area (Å²) in [5.74, 6) is 0.898. The number of ether oxygens (including phenoxy) is 1. The van der Waals surface area contributed by atoms with E-state index >= 15 is 0 Å². The normalized spacial score (nSPS) is 10.5. The van der Waals surface area contributed by atoms with Crippen molar-refractivity contribution in [1.29, 1.82) is 0 Å². The lowest BCUT2D eigenvalue weighted by Gasteiger charge is -2.23. The lowest BCUT2D eigenvalue weighted by molar-refractivity contribution is 0.414. The number of benzene rings is 1. The molecule has 3 aromatic rings. The van der Waals surface area contributed by atoms with E-state index in [0.717, 1.165) is 24.3 Å². The van der Waals surface area contributed by atoms with E-state index in [1.807, 2.05) is 36.7 Å². The zero-order valence-corrected chi connectivity index (χ0v) is 13.5. The third-order valence-electron chi connectivity index (χ3n) is 4.00. The van der Waals surface area contributed by atoms with Crippen molar-refractivity contribution < 1.29 is 4.74 Å². The fourth-order valence-electron chi connectivity index (χ4n) is 2.65. The van der Waals surface area contributed by atoms with Crippen LogP contribution in [0.25, 0.3) is 0 Å². The first kappa shape index (κ1) is 15.2. The van der Waals surface area contributed by atoms with Crippen molar-refractivity contribution in [1.82, 2.24) is 9.66 Å². The minimum Gasteiger partial charge on any atom is -0.497 e. The largest absolute Gasteiger partial charge is 0.497 e. The molecule has 2 aromatic heterocycles. The zero-order chi connectivity index (χ0) is 16.1. The lowest BCUT2D eigenvalue weighted by atomic mass is 10.1. The summed E-state index contributed by atoms with van der Waals surface area (Å²) in [4.78, 5) is 4.08. The Morgan fingerprint density at radius 3 is 2.43 bits per heavy atom. The van der Waals surface area contributed by atoms with E-state index in [2.05, 4.69) is 52.2 Å². The highest BCUT2D eigenvalue weighted by molar-refractivity contribution is 5.44. The molecule has 0 saturated carbocycles. The van der Waals surface area contributed by atoms with Crippen LogP contribution in [0.2, 0.25) is 0 Å². The number of pyridine rings is 1. The summed E-state index contributed by atoms with van der Waals surface area (Å²) in [6.45, 7) is 0. The third kappa shape index (κ3) is 3.54. The van der Waals surface area contributed by atoms with Crippen LogP contribution >= 0.6 is 0 Å². The van der Waals surface area contributed by atoms with Crippen molar-refractivity contribution in [2.75, 3.05) is 19.2 Å². The van der Waals surface area contributed by atoms with E-state index in [1.165, 1.54) is 11.3 Å². The minimum absolute atomic E-state index is 0.898. The molecule has 0 aliphatic heterocycles. The van der Waals surface area contributed by atoms with Crippen LogP contribution in [-0.4, -0.2) is 23.8 Å². The molecule has 0 N–H and O–H groups in total. The summed E-state index contributed by atoms with van der Waals surface area (Å²) < 4.78 is 7.38. The number of aromatic nitrogens is 2. The molecule has 23 heavy (non-hydrogen) atoms. The maximum atomic E-state index is 5.20. The standard InChI is InChI=1S/C19H21N3O/c1-21(17-11-13-20-14-12-17)22-15-3-4-18(22)8-5-16-6-9-19(23-2)10-7-16/h3-4,6-7,9-15H,5,8H2,1-2H3. The molecule has 0 aliphatic carbocycles. The molecular weight excluding hydrogens is 286 g/mol. The summed E-state index contributed by atoms with van der Waals surface area (Å²) in [5.41, 5.74) is 3.70. The van der Waals surface area contributed by atoms with E-state index in [-0.39, 0.29) is 0 Å². The summed E-state index contributed by atoms with van der Waals surface area (Å²) in [7, 11) is 3.75. The van der Waals surface area contributed by atoms with Crippen molar-refractivity contribution >= 4 is 5.69 Å². The number of nitrogens with zero attached hydrogens (tertiary/aromatic N) is 3. The van der Waals surface area contributed by atoms with Crippen LogP contribution in [0.15, 0.2) is 67.1 Å². The molecule has 3 rings (SSSR count). The van der Waals surface area contributed by atoms with Crippen LogP contribution < -0.4 is 9.75 Å². The highest BCUT2D eigenvalue weighted by atomic mass is 16.5. The Bertz CT molecular complexity index is 735. The molecule has 0 aliphatic rings. The van der Waals surface area contributed by atoms with Gasteiger partial charge in [-0.25, -0.2) is 0 Å².